The standard InChI is InChI=1S/C16H14N2O2/c1-19-14-8-13(9-17-10-14)16-15(18-11-20-16)7-12-5-3-2-4-6-12/h2-6,8-11H,7H2,1H3. The number of hydrogen-bond acceptors (Lipinski definition) is 4. The first kappa shape index (κ1) is 12.4. The molecule has 0 aliphatic rings. The molecule has 4 heteroatoms. The third-order valence-electron chi connectivity index (χ3n) is 3.07. The number of hydrogen-bond donors (Lipinski definition) is 0. The van der Waals surface area contributed by atoms with Crippen LogP contribution in [-0.2, 0) is 6.42 Å². The third kappa shape index (κ3) is 2.54. The van der Waals surface area contributed by atoms with E-state index >= 15 is 0 Å². The van der Waals surface area contributed by atoms with E-state index in [4.69, 9.17) is 9.15 Å². The molecular formula is C16H14N2O2. The van der Waals surface area contributed by atoms with Crippen LogP contribution in [0.25, 0.3) is 11.3 Å². The highest BCUT2D eigenvalue weighted by Crippen LogP contribution is 2.26. The number of nitrogens with zero attached hydrogens (tertiary/aromatic N) is 2. The monoisotopic (exact) mass is 266 g/mol. The maximum Gasteiger partial charge on any atom is 0.181 e. The molecule has 0 spiro atoms. The van der Waals surface area contributed by atoms with Gasteiger partial charge in [-0.3, -0.25) is 4.98 Å². The zero-order valence-corrected chi connectivity index (χ0v) is 11.1. The van der Waals surface area contributed by atoms with Gasteiger partial charge in [0, 0.05) is 18.2 Å². The molecule has 0 radical (unpaired) electrons. The fourth-order valence-electron chi connectivity index (χ4n) is 2.07. The molecule has 0 N–H and O–H groups in total. The largest absolute Gasteiger partial charge is 0.495 e. The Balaban J connectivity index is 1.93. The lowest BCUT2D eigenvalue weighted by molar-refractivity contribution is 0.413. The van der Waals surface area contributed by atoms with Gasteiger partial charge in [0.2, 0.25) is 0 Å². The van der Waals surface area contributed by atoms with Crippen LogP contribution in [0.3, 0.4) is 0 Å². The topological polar surface area (TPSA) is 48.2 Å². The molecule has 0 atom stereocenters. The van der Waals surface area contributed by atoms with Crippen LogP contribution in [0.2, 0.25) is 0 Å². The van der Waals surface area contributed by atoms with Crippen molar-refractivity contribution in [3.8, 4) is 17.1 Å². The van der Waals surface area contributed by atoms with Crippen molar-refractivity contribution in [2.75, 3.05) is 7.11 Å². The van der Waals surface area contributed by atoms with Crippen molar-refractivity contribution < 1.29 is 9.15 Å². The molecule has 0 aliphatic carbocycles. The van der Waals surface area contributed by atoms with Gasteiger partial charge in [0.1, 0.15) is 5.75 Å². The van der Waals surface area contributed by atoms with Crippen molar-refractivity contribution in [1.29, 1.82) is 0 Å². The minimum absolute atomic E-state index is 0.699. The SMILES string of the molecule is COc1cncc(-c2ocnc2Cc2ccccc2)c1. The van der Waals surface area contributed by atoms with Gasteiger partial charge in [-0.05, 0) is 11.6 Å². The van der Waals surface area contributed by atoms with Gasteiger partial charge >= 0.3 is 0 Å². The normalized spacial score (nSPS) is 10.4. The van der Waals surface area contributed by atoms with E-state index in [0.717, 1.165) is 23.4 Å². The second kappa shape index (κ2) is 5.57. The molecule has 2 aromatic heterocycles. The predicted molar refractivity (Wildman–Crippen MR) is 75.5 cm³/mol. The fourth-order valence-corrected chi connectivity index (χ4v) is 2.07. The van der Waals surface area contributed by atoms with E-state index in [0.29, 0.717) is 5.75 Å². The smallest absolute Gasteiger partial charge is 0.181 e. The zero-order chi connectivity index (χ0) is 13.8. The summed E-state index contributed by atoms with van der Waals surface area (Å²) in [5, 5.41) is 0. The van der Waals surface area contributed by atoms with E-state index in [-0.39, 0.29) is 0 Å². The summed E-state index contributed by atoms with van der Waals surface area (Å²) >= 11 is 0. The van der Waals surface area contributed by atoms with Crippen molar-refractivity contribution in [3.63, 3.8) is 0 Å². The minimum Gasteiger partial charge on any atom is -0.495 e. The average Bonchev–Trinajstić information content (AvgIpc) is 2.96. The summed E-state index contributed by atoms with van der Waals surface area (Å²) in [6.45, 7) is 0. The Morgan fingerprint density at radius 3 is 2.80 bits per heavy atom. The van der Waals surface area contributed by atoms with Gasteiger partial charge in [-0.15, -0.1) is 0 Å². The van der Waals surface area contributed by atoms with E-state index < -0.39 is 0 Å². The van der Waals surface area contributed by atoms with Gasteiger partial charge in [-0.1, -0.05) is 30.3 Å². The van der Waals surface area contributed by atoms with Crippen molar-refractivity contribution in [2.45, 2.75) is 6.42 Å². The molecule has 3 rings (SSSR count). The van der Waals surface area contributed by atoms with E-state index in [1.54, 1.807) is 19.5 Å². The highest BCUT2D eigenvalue weighted by molar-refractivity contribution is 5.60. The first-order valence-corrected chi connectivity index (χ1v) is 6.32. The van der Waals surface area contributed by atoms with Crippen LogP contribution >= 0.6 is 0 Å². The zero-order valence-electron chi connectivity index (χ0n) is 11.1. The first-order valence-electron chi connectivity index (χ1n) is 6.32. The van der Waals surface area contributed by atoms with Crippen LogP contribution in [0.5, 0.6) is 5.75 Å². The molecule has 0 saturated carbocycles. The summed E-state index contributed by atoms with van der Waals surface area (Å²) in [4.78, 5) is 8.45. The predicted octanol–water partition coefficient (Wildman–Crippen LogP) is 3.34. The van der Waals surface area contributed by atoms with Crippen LogP contribution < -0.4 is 4.74 Å². The highest BCUT2D eigenvalue weighted by Gasteiger charge is 2.12. The summed E-state index contributed by atoms with van der Waals surface area (Å²) in [6.07, 6.45) is 5.60. The van der Waals surface area contributed by atoms with Gasteiger partial charge < -0.3 is 9.15 Å². The second-order valence-electron chi connectivity index (χ2n) is 4.40. The number of methoxy groups -OCH3 is 1. The number of ether oxygens (including phenoxy) is 1. The molecule has 0 unspecified atom stereocenters. The quantitative estimate of drug-likeness (QED) is 0.726. The molecule has 4 nitrogen and oxygen atoms in total. The summed E-state index contributed by atoms with van der Waals surface area (Å²) in [5.41, 5.74) is 2.96. The highest BCUT2D eigenvalue weighted by atomic mass is 16.5. The third-order valence-corrected chi connectivity index (χ3v) is 3.07. The number of pyridine rings is 1. The van der Waals surface area contributed by atoms with Crippen molar-refractivity contribution >= 4 is 0 Å². The fraction of sp³-hybridized carbons (Fsp3) is 0.125. The van der Waals surface area contributed by atoms with Gasteiger partial charge in [0.25, 0.3) is 0 Å². The van der Waals surface area contributed by atoms with Crippen molar-refractivity contribution in [2.24, 2.45) is 0 Å². The van der Waals surface area contributed by atoms with Crippen LogP contribution in [0.15, 0.2) is 59.6 Å². The number of benzene rings is 1. The maximum atomic E-state index is 5.52. The second-order valence-corrected chi connectivity index (χ2v) is 4.40. The van der Waals surface area contributed by atoms with Crippen LogP contribution in [0, 0.1) is 0 Å². The van der Waals surface area contributed by atoms with E-state index in [1.165, 1.54) is 12.0 Å². The molecule has 0 aliphatic heterocycles. The lowest BCUT2D eigenvalue weighted by atomic mass is 10.1. The molecule has 3 aromatic rings. The Hall–Kier alpha value is -2.62. The number of oxazole rings is 1. The van der Waals surface area contributed by atoms with Crippen LogP contribution in [0.4, 0.5) is 0 Å². The summed E-state index contributed by atoms with van der Waals surface area (Å²) in [7, 11) is 1.62. The molecule has 0 amide bonds. The average molecular weight is 266 g/mol. The Morgan fingerprint density at radius 2 is 2.00 bits per heavy atom. The minimum atomic E-state index is 0.699. The summed E-state index contributed by atoms with van der Waals surface area (Å²) in [6, 6.07) is 12.1. The molecule has 0 fully saturated rings. The van der Waals surface area contributed by atoms with Crippen LogP contribution in [-0.4, -0.2) is 17.1 Å². The lowest BCUT2D eigenvalue weighted by Gasteiger charge is -2.03. The molecular weight excluding hydrogens is 252 g/mol. The molecule has 0 bridgehead atoms. The molecule has 20 heavy (non-hydrogen) atoms. The Labute approximate surface area is 117 Å². The lowest BCUT2D eigenvalue weighted by Crippen LogP contribution is -1.92. The first-order chi connectivity index (χ1) is 9.86. The van der Waals surface area contributed by atoms with Crippen molar-refractivity contribution in [3.05, 3.63) is 66.4 Å². The Kier molecular flexibility index (Phi) is 3.46. The van der Waals surface area contributed by atoms with E-state index in [2.05, 4.69) is 22.1 Å². The molecule has 0 saturated heterocycles. The van der Waals surface area contributed by atoms with Gasteiger partial charge in [-0.2, -0.15) is 0 Å². The van der Waals surface area contributed by atoms with Gasteiger partial charge in [-0.25, -0.2) is 4.98 Å². The van der Waals surface area contributed by atoms with E-state index in [9.17, 15) is 0 Å². The number of aromatic nitrogens is 2. The van der Waals surface area contributed by atoms with Crippen LogP contribution in [0.1, 0.15) is 11.3 Å². The Morgan fingerprint density at radius 1 is 1.15 bits per heavy atom. The number of rotatable bonds is 4. The maximum absolute atomic E-state index is 5.52. The van der Waals surface area contributed by atoms with E-state index in [1.807, 2.05) is 24.3 Å². The summed E-state index contributed by atoms with van der Waals surface area (Å²) in [5.74, 6) is 1.44. The molecule has 100 valence electrons. The Bertz CT molecular complexity index is 692. The molecule has 2 heterocycles. The summed E-state index contributed by atoms with van der Waals surface area (Å²) < 4.78 is 10.7. The van der Waals surface area contributed by atoms with Crippen molar-refractivity contribution in [1.82, 2.24) is 9.97 Å². The van der Waals surface area contributed by atoms with Gasteiger partial charge in [0.05, 0.1) is 19.0 Å². The molecule has 1 aromatic carbocycles. The van der Waals surface area contributed by atoms with Gasteiger partial charge in [0.15, 0.2) is 12.2 Å².